The minimum Gasteiger partial charge on any atom is -0.392 e. The Balaban J connectivity index is 4.27. The number of carbonyl (C=O) groups excluding carboxylic acids is 1. The van der Waals surface area contributed by atoms with Gasteiger partial charge in [-0.2, -0.15) is 0 Å². The van der Waals surface area contributed by atoms with Crippen molar-refractivity contribution in [2.45, 2.75) is 31.9 Å². The molecule has 1 amide bonds. The molecule has 100 valence electrons. The molecule has 0 aromatic rings. The highest BCUT2D eigenvalue weighted by Crippen LogP contribution is 2.04. The van der Waals surface area contributed by atoms with E-state index in [1.807, 2.05) is 0 Å². The van der Waals surface area contributed by atoms with Gasteiger partial charge in [-0.3, -0.25) is 4.79 Å². The molecule has 0 spiro atoms. The summed E-state index contributed by atoms with van der Waals surface area (Å²) in [7, 11) is -3.58. The van der Waals surface area contributed by atoms with Gasteiger partial charge >= 0.3 is 0 Å². The fourth-order valence-electron chi connectivity index (χ4n) is 1.27. The van der Waals surface area contributed by atoms with Crippen LogP contribution in [0.15, 0.2) is 0 Å². The molecule has 17 heavy (non-hydrogen) atoms. The van der Waals surface area contributed by atoms with Crippen molar-refractivity contribution in [2.24, 2.45) is 5.73 Å². The minimum absolute atomic E-state index is 0.0489. The van der Waals surface area contributed by atoms with Crippen LogP contribution in [0.2, 0.25) is 0 Å². The number of rotatable bonds is 8. The monoisotopic (exact) mass is 281 g/mol. The molecule has 1 unspecified atom stereocenters. The molecule has 0 saturated heterocycles. The van der Waals surface area contributed by atoms with Gasteiger partial charge in [-0.15, -0.1) is 0 Å². The van der Waals surface area contributed by atoms with Crippen LogP contribution in [0.1, 0.15) is 26.7 Å². The molecule has 8 heteroatoms. The van der Waals surface area contributed by atoms with E-state index in [9.17, 15) is 13.2 Å². The number of carbonyl (C=O) groups is 1. The number of nitrogens with two attached hydrogens (primary N) is 1. The van der Waals surface area contributed by atoms with Crippen molar-refractivity contribution < 1.29 is 13.2 Å². The lowest BCUT2D eigenvalue weighted by Gasteiger charge is -2.14. The molecule has 0 aromatic heterocycles. The number of amides is 1. The zero-order valence-corrected chi connectivity index (χ0v) is 11.7. The van der Waals surface area contributed by atoms with Crippen LogP contribution in [0.5, 0.6) is 0 Å². The van der Waals surface area contributed by atoms with Crippen LogP contribution in [0.4, 0.5) is 0 Å². The summed E-state index contributed by atoms with van der Waals surface area (Å²) in [4.78, 5) is 11.0. The molecule has 0 heterocycles. The molecule has 0 aliphatic heterocycles. The van der Waals surface area contributed by atoms with Crippen LogP contribution in [-0.2, 0) is 14.8 Å². The Morgan fingerprint density at radius 1 is 1.41 bits per heavy atom. The van der Waals surface area contributed by atoms with E-state index in [0.29, 0.717) is 13.0 Å². The summed E-state index contributed by atoms with van der Waals surface area (Å²) >= 11 is 4.69. The highest BCUT2D eigenvalue weighted by atomic mass is 32.2. The van der Waals surface area contributed by atoms with Crippen LogP contribution < -0.4 is 15.8 Å². The van der Waals surface area contributed by atoms with Gasteiger partial charge < -0.3 is 11.1 Å². The summed E-state index contributed by atoms with van der Waals surface area (Å²) in [6.45, 7) is 4.05. The maximum Gasteiger partial charge on any atom is 0.221 e. The maximum absolute atomic E-state index is 11.7. The largest absolute Gasteiger partial charge is 0.392 e. The third-order valence-electron chi connectivity index (χ3n) is 2.09. The minimum atomic E-state index is -3.58. The molecule has 4 N–H and O–H groups in total. The molecular formula is C9H19N3O3S2. The number of thiocarbonyl (C=S) groups is 1. The molecule has 0 bridgehead atoms. The zero-order valence-electron chi connectivity index (χ0n) is 10.0. The van der Waals surface area contributed by atoms with Crippen LogP contribution in [-0.4, -0.2) is 37.7 Å². The molecule has 0 rings (SSSR count). The fraction of sp³-hybridized carbons (Fsp3) is 0.778. The summed E-state index contributed by atoms with van der Waals surface area (Å²) < 4.78 is 25.8. The van der Waals surface area contributed by atoms with Gasteiger partial charge in [-0.05, 0) is 13.3 Å². The molecule has 1 atom stereocenters. The first-order valence-corrected chi connectivity index (χ1v) is 7.35. The molecule has 0 aliphatic rings. The van der Waals surface area contributed by atoms with Crippen LogP contribution in [0.25, 0.3) is 0 Å². The summed E-state index contributed by atoms with van der Waals surface area (Å²) in [6.07, 6.45) is 0.409. The quantitative estimate of drug-likeness (QED) is 0.521. The van der Waals surface area contributed by atoms with E-state index in [1.165, 1.54) is 0 Å². The van der Waals surface area contributed by atoms with Crippen molar-refractivity contribution in [3.63, 3.8) is 0 Å². The van der Waals surface area contributed by atoms with Crippen LogP contribution in [0, 0.1) is 0 Å². The molecule has 0 aliphatic carbocycles. The Morgan fingerprint density at radius 2 is 2.00 bits per heavy atom. The molecule has 6 nitrogen and oxygen atoms in total. The van der Waals surface area contributed by atoms with Gasteiger partial charge in [0.15, 0.2) is 0 Å². The Morgan fingerprint density at radius 3 is 2.41 bits per heavy atom. The van der Waals surface area contributed by atoms with E-state index in [-0.39, 0.29) is 23.9 Å². The van der Waals surface area contributed by atoms with Crippen LogP contribution >= 0.6 is 12.2 Å². The summed E-state index contributed by atoms with van der Waals surface area (Å²) in [5, 5.41) is 1.69. The predicted octanol–water partition coefficient (Wildman–Crippen LogP) is -0.503. The third-order valence-corrected chi connectivity index (χ3v) is 4.47. The zero-order chi connectivity index (χ0) is 13.5. The SMILES string of the molecule is CCNC(=O)CCNS(=O)(=O)C(CC)C(N)=S. The smallest absolute Gasteiger partial charge is 0.221 e. The standard InChI is InChI=1S/C9H19N3O3S2/c1-3-7(9(10)16)17(14,15)12-6-5-8(13)11-4-2/h7,12H,3-6H2,1-2H3,(H2,10,16)(H,11,13). The average Bonchev–Trinajstić information content (AvgIpc) is 2.17. The highest BCUT2D eigenvalue weighted by molar-refractivity contribution is 7.93. The lowest BCUT2D eigenvalue weighted by molar-refractivity contribution is -0.120. The molecule has 0 fully saturated rings. The average molecular weight is 281 g/mol. The highest BCUT2D eigenvalue weighted by Gasteiger charge is 2.25. The first-order chi connectivity index (χ1) is 7.85. The second kappa shape index (κ2) is 7.57. The predicted molar refractivity (Wildman–Crippen MR) is 71.1 cm³/mol. The second-order valence-corrected chi connectivity index (χ2v) is 5.86. The number of nitrogens with one attached hydrogen (secondary N) is 2. The number of hydrogen-bond acceptors (Lipinski definition) is 4. The Hall–Kier alpha value is -0.730. The fourth-order valence-corrected chi connectivity index (χ4v) is 3.15. The van der Waals surface area contributed by atoms with Gasteiger partial charge in [-0.1, -0.05) is 19.1 Å². The molecule has 0 aromatic carbocycles. The van der Waals surface area contributed by atoms with Crippen molar-refractivity contribution in [3.05, 3.63) is 0 Å². The van der Waals surface area contributed by atoms with Gasteiger partial charge in [0.1, 0.15) is 5.25 Å². The lowest BCUT2D eigenvalue weighted by Crippen LogP contribution is -2.42. The van der Waals surface area contributed by atoms with Crippen molar-refractivity contribution in [3.8, 4) is 0 Å². The van der Waals surface area contributed by atoms with Gasteiger partial charge in [0.25, 0.3) is 0 Å². The molecular weight excluding hydrogens is 262 g/mol. The van der Waals surface area contributed by atoms with Gasteiger partial charge in [0, 0.05) is 19.5 Å². The summed E-state index contributed by atoms with van der Waals surface area (Å²) in [6, 6.07) is 0. The van der Waals surface area contributed by atoms with E-state index < -0.39 is 15.3 Å². The van der Waals surface area contributed by atoms with E-state index >= 15 is 0 Å². The maximum atomic E-state index is 11.7. The number of sulfonamides is 1. The van der Waals surface area contributed by atoms with E-state index in [2.05, 4.69) is 22.3 Å². The topological polar surface area (TPSA) is 101 Å². The first kappa shape index (κ1) is 16.3. The lowest BCUT2D eigenvalue weighted by atomic mass is 10.3. The third kappa shape index (κ3) is 5.94. The first-order valence-electron chi connectivity index (χ1n) is 5.39. The van der Waals surface area contributed by atoms with Crippen molar-refractivity contribution in [1.82, 2.24) is 10.0 Å². The van der Waals surface area contributed by atoms with E-state index in [0.717, 1.165) is 0 Å². The Labute approximate surface area is 107 Å². The van der Waals surface area contributed by atoms with Gasteiger partial charge in [-0.25, -0.2) is 13.1 Å². The Bertz CT molecular complexity index is 368. The van der Waals surface area contributed by atoms with Gasteiger partial charge in [0.2, 0.25) is 15.9 Å². The van der Waals surface area contributed by atoms with E-state index in [4.69, 9.17) is 5.73 Å². The van der Waals surface area contributed by atoms with Gasteiger partial charge in [0.05, 0.1) is 4.99 Å². The van der Waals surface area contributed by atoms with Crippen molar-refractivity contribution in [1.29, 1.82) is 0 Å². The summed E-state index contributed by atoms with van der Waals surface area (Å²) in [5.74, 6) is -0.196. The second-order valence-electron chi connectivity index (χ2n) is 3.44. The Kier molecular flexibility index (Phi) is 7.24. The molecule has 0 saturated carbocycles. The molecule has 0 radical (unpaired) electrons. The van der Waals surface area contributed by atoms with Crippen molar-refractivity contribution >= 4 is 33.1 Å². The normalized spacial score (nSPS) is 13.1. The van der Waals surface area contributed by atoms with Crippen LogP contribution in [0.3, 0.4) is 0 Å². The van der Waals surface area contributed by atoms with E-state index in [1.54, 1.807) is 13.8 Å². The summed E-state index contributed by atoms with van der Waals surface area (Å²) in [5.41, 5.74) is 5.35. The van der Waals surface area contributed by atoms with Crippen molar-refractivity contribution in [2.75, 3.05) is 13.1 Å². The number of hydrogen-bond donors (Lipinski definition) is 3.